The molecule has 2 atom stereocenters. The zero-order valence-corrected chi connectivity index (χ0v) is 22.1. The number of carbonyl (C=O) groups excluding carboxylic acids is 1. The van der Waals surface area contributed by atoms with Crippen LogP contribution in [0.25, 0.3) is 0 Å². The summed E-state index contributed by atoms with van der Waals surface area (Å²) in [5.74, 6) is 1.30. The molecule has 0 spiro atoms. The molecular weight excluding hydrogens is 464 g/mol. The Morgan fingerprint density at radius 1 is 1.03 bits per heavy atom. The fourth-order valence-electron chi connectivity index (χ4n) is 6.56. The molecule has 2 unspecified atom stereocenters. The van der Waals surface area contributed by atoms with E-state index in [9.17, 15) is 4.79 Å². The second-order valence-electron chi connectivity index (χ2n) is 11.3. The summed E-state index contributed by atoms with van der Waals surface area (Å²) in [6.07, 6.45) is 12.8. The molecule has 0 amide bonds. The van der Waals surface area contributed by atoms with Gasteiger partial charge in [0.15, 0.2) is 0 Å². The molecule has 2 aliphatic carbocycles. The standard InChI is InChI=1S/C30H40N4O3/c1-36-30(35)26-20-25(22-12-10-21(11-13-22)14-15-33-16-18-37-19-17-33)27-28(23-6-5-7-23)32-34(29(27)31-26)24-8-3-2-4-9-24/h10-13,20,23-25,27H,2-9,14-19H2,1H3. The van der Waals surface area contributed by atoms with Crippen molar-refractivity contribution in [2.75, 3.05) is 40.0 Å². The first-order chi connectivity index (χ1) is 18.2. The van der Waals surface area contributed by atoms with Crippen LogP contribution in [0.15, 0.2) is 46.1 Å². The largest absolute Gasteiger partial charge is 0.464 e. The molecule has 7 nitrogen and oxygen atoms in total. The average molecular weight is 505 g/mol. The lowest BCUT2D eigenvalue weighted by atomic mass is 9.71. The molecule has 3 heterocycles. The number of allylic oxidation sites excluding steroid dienone is 1. The van der Waals surface area contributed by atoms with Crippen molar-refractivity contribution in [2.45, 2.75) is 69.7 Å². The van der Waals surface area contributed by atoms with Crippen LogP contribution < -0.4 is 0 Å². The number of nitrogens with zero attached hydrogens (tertiary/aromatic N) is 4. The van der Waals surface area contributed by atoms with Crippen LogP contribution >= 0.6 is 0 Å². The quantitative estimate of drug-likeness (QED) is 0.511. The number of hydrogen-bond donors (Lipinski definition) is 0. The fourth-order valence-corrected chi connectivity index (χ4v) is 6.56. The predicted molar refractivity (Wildman–Crippen MR) is 145 cm³/mol. The van der Waals surface area contributed by atoms with Gasteiger partial charge in [-0.2, -0.15) is 5.10 Å². The Labute approximate surface area is 220 Å². The number of aliphatic imine (C=N–C) groups is 1. The number of benzene rings is 1. The summed E-state index contributed by atoms with van der Waals surface area (Å²) in [5.41, 5.74) is 4.28. The first kappa shape index (κ1) is 24.8. The second kappa shape index (κ2) is 11.1. The van der Waals surface area contributed by atoms with Crippen LogP contribution in [0.1, 0.15) is 68.4 Å². The molecule has 3 aliphatic heterocycles. The lowest BCUT2D eigenvalue weighted by Gasteiger charge is -2.35. The molecule has 0 aromatic heterocycles. The number of hydrazone groups is 1. The molecular formula is C30H40N4O3. The molecule has 7 heteroatoms. The van der Waals surface area contributed by atoms with Gasteiger partial charge in [0.2, 0.25) is 0 Å². The van der Waals surface area contributed by atoms with Gasteiger partial charge in [0, 0.05) is 25.6 Å². The Bertz CT molecular complexity index is 1060. The Morgan fingerprint density at radius 3 is 2.46 bits per heavy atom. The van der Waals surface area contributed by atoms with E-state index in [1.165, 1.54) is 62.5 Å². The zero-order chi connectivity index (χ0) is 25.2. The van der Waals surface area contributed by atoms with Crippen molar-refractivity contribution in [2.24, 2.45) is 21.9 Å². The number of ether oxygens (including phenoxy) is 2. The Morgan fingerprint density at radius 2 is 1.78 bits per heavy atom. The van der Waals surface area contributed by atoms with Gasteiger partial charge in [-0.25, -0.2) is 14.8 Å². The van der Waals surface area contributed by atoms with Gasteiger partial charge in [0.1, 0.15) is 11.5 Å². The van der Waals surface area contributed by atoms with Gasteiger partial charge in [-0.05, 0) is 55.2 Å². The highest BCUT2D eigenvalue weighted by molar-refractivity contribution is 6.14. The van der Waals surface area contributed by atoms with Crippen LogP contribution in [-0.2, 0) is 20.7 Å². The highest BCUT2D eigenvalue weighted by Crippen LogP contribution is 2.45. The molecule has 0 N–H and O–H groups in total. The van der Waals surface area contributed by atoms with Gasteiger partial charge in [-0.1, -0.05) is 49.9 Å². The molecule has 198 valence electrons. The number of hydrogen-bond acceptors (Lipinski definition) is 7. The SMILES string of the molecule is COC(=O)C1=CC(c2ccc(CCN3CCOCC3)cc2)C2C(C3CCC3)=NN(C3CCCCC3)C2=N1. The van der Waals surface area contributed by atoms with Crippen LogP contribution in [0, 0.1) is 11.8 Å². The molecule has 1 aromatic carbocycles. The molecule has 6 rings (SSSR count). The van der Waals surface area contributed by atoms with Gasteiger partial charge in [0.05, 0.1) is 38.0 Å². The lowest BCUT2D eigenvalue weighted by Crippen LogP contribution is -2.41. The van der Waals surface area contributed by atoms with Crippen molar-refractivity contribution in [1.82, 2.24) is 9.91 Å². The van der Waals surface area contributed by atoms with Gasteiger partial charge >= 0.3 is 5.97 Å². The van der Waals surface area contributed by atoms with E-state index in [4.69, 9.17) is 19.6 Å². The maximum absolute atomic E-state index is 12.7. The van der Waals surface area contributed by atoms with Gasteiger partial charge < -0.3 is 9.47 Å². The Hall–Kier alpha value is -2.51. The lowest BCUT2D eigenvalue weighted by molar-refractivity contribution is -0.136. The molecule has 1 saturated heterocycles. The Kier molecular flexibility index (Phi) is 7.43. The third-order valence-electron chi connectivity index (χ3n) is 9.01. The first-order valence-electron chi connectivity index (χ1n) is 14.4. The normalized spacial score (nSPS) is 27.2. The minimum atomic E-state index is -0.362. The average Bonchev–Trinajstić information content (AvgIpc) is 3.30. The van der Waals surface area contributed by atoms with Crippen LogP contribution in [0.5, 0.6) is 0 Å². The fraction of sp³-hybridized carbons (Fsp3) is 0.633. The first-order valence-corrected chi connectivity index (χ1v) is 14.4. The monoisotopic (exact) mass is 504 g/mol. The van der Waals surface area contributed by atoms with E-state index >= 15 is 0 Å². The van der Waals surface area contributed by atoms with Crippen molar-refractivity contribution < 1.29 is 14.3 Å². The maximum atomic E-state index is 12.7. The van der Waals surface area contributed by atoms with Crippen LogP contribution in [0.4, 0.5) is 0 Å². The van der Waals surface area contributed by atoms with E-state index in [0.29, 0.717) is 17.7 Å². The zero-order valence-electron chi connectivity index (χ0n) is 22.1. The van der Waals surface area contributed by atoms with E-state index in [0.717, 1.165) is 57.9 Å². The number of carbonyl (C=O) groups is 1. The van der Waals surface area contributed by atoms with E-state index in [-0.39, 0.29) is 17.8 Å². The smallest absolute Gasteiger partial charge is 0.356 e. The highest BCUT2D eigenvalue weighted by Gasteiger charge is 2.47. The molecule has 5 aliphatic rings. The topological polar surface area (TPSA) is 66.7 Å². The van der Waals surface area contributed by atoms with E-state index in [2.05, 4.69) is 34.2 Å². The predicted octanol–water partition coefficient (Wildman–Crippen LogP) is 4.53. The summed E-state index contributed by atoms with van der Waals surface area (Å²) in [6.45, 7) is 4.78. The summed E-state index contributed by atoms with van der Waals surface area (Å²) in [7, 11) is 1.44. The second-order valence-corrected chi connectivity index (χ2v) is 11.3. The van der Waals surface area contributed by atoms with Crippen molar-refractivity contribution in [1.29, 1.82) is 0 Å². The number of esters is 1. The van der Waals surface area contributed by atoms with Crippen LogP contribution in [0.2, 0.25) is 0 Å². The van der Waals surface area contributed by atoms with Crippen molar-refractivity contribution >= 4 is 17.5 Å². The minimum Gasteiger partial charge on any atom is -0.464 e. The summed E-state index contributed by atoms with van der Waals surface area (Å²) in [4.78, 5) is 20.1. The van der Waals surface area contributed by atoms with E-state index < -0.39 is 0 Å². The molecule has 0 radical (unpaired) electrons. The number of methoxy groups -OCH3 is 1. The third kappa shape index (κ3) is 5.13. The van der Waals surface area contributed by atoms with Gasteiger partial charge in [0.25, 0.3) is 0 Å². The summed E-state index contributed by atoms with van der Waals surface area (Å²) < 4.78 is 10.6. The van der Waals surface area contributed by atoms with Gasteiger partial charge in [-0.3, -0.25) is 4.90 Å². The number of amidine groups is 1. The summed E-state index contributed by atoms with van der Waals surface area (Å²) in [5, 5.41) is 7.51. The minimum absolute atomic E-state index is 0.0443. The van der Waals surface area contributed by atoms with Crippen molar-refractivity contribution in [3.63, 3.8) is 0 Å². The molecule has 37 heavy (non-hydrogen) atoms. The van der Waals surface area contributed by atoms with Crippen molar-refractivity contribution in [3.8, 4) is 0 Å². The van der Waals surface area contributed by atoms with E-state index in [1.54, 1.807) is 0 Å². The van der Waals surface area contributed by atoms with Crippen LogP contribution in [0.3, 0.4) is 0 Å². The van der Waals surface area contributed by atoms with Gasteiger partial charge in [-0.15, -0.1) is 0 Å². The van der Waals surface area contributed by atoms with E-state index in [1.807, 2.05) is 6.08 Å². The number of morpholine rings is 1. The van der Waals surface area contributed by atoms with Crippen LogP contribution in [-0.4, -0.2) is 73.4 Å². The molecule has 0 bridgehead atoms. The maximum Gasteiger partial charge on any atom is 0.356 e. The number of rotatable bonds is 7. The summed E-state index contributed by atoms with van der Waals surface area (Å²) >= 11 is 0. The number of fused-ring (bicyclic) bond motifs is 1. The highest BCUT2D eigenvalue weighted by atomic mass is 16.5. The molecule has 2 saturated carbocycles. The summed E-state index contributed by atoms with van der Waals surface area (Å²) in [6, 6.07) is 9.43. The van der Waals surface area contributed by atoms with Crippen molar-refractivity contribution in [3.05, 3.63) is 47.2 Å². The molecule has 1 aromatic rings. The molecule has 3 fully saturated rings. The third-order valence-corrected chi connectivity index (χ3v) is 9.01. The Balaban J connectivity index is 1.28.